The Bertz CT molecular complexity index is 696. The molecule has 0 bridgehead atoms. The minimum atomic E-state index is -0.422. The Morgan fingerprint density at radius 2 is 2.28 bits per heavy atom. The van der Waals surface area contributed by atoms with E-state index in [0.717, 1.165) is 31.6 Å². The van der Waals surface area contributed by atoms with E-state index in [1.54, 1.807) is 16.9 Å². The minimum absolute atomic E-state index is 0. The van der Waals surface area contributed by atoms with E-state index < -0.39 is 5.82 Å². The molecule has 0 spiro atoms. The van der Waals surface area contributed by atoms with Gasteiger partial charge in [0, 0.05) is 35.8 Å². The van der Waals surface area contributed by atoms with Crippen LogP contribution in [0.25, 0.3) is 0 Å². The van der Waals surface area contributed by atoms with E-state index in [2.05, 4.69) is 15.7 Å². The Kier molecular flexibility index (Phi) is 7.23. The van der Waals surface area contributed by atoms with Crippen molar-refractivity contribution >= 4 is 29.9 Å². The third-order valence-electron chi connectivity index (χ3n) is 4.21. The van der Waals surface area contributed by atoms with Gasteiger partial charge in [-0.25, -0.2) is 4.39 Å². The lowest BCUT2D eigenvalue weighted by atomic mass is 9.97. The van der Waals surface area contributed by atoms with Crippen molar-refractivity contribution in [1.82, 2.24) is 20.4 Å². The number of aromatic nitrogens is 2. The van der Waals surface area contributed by atoms with Gasteiger partial charge < -0.3 is 10.6 Å². The molecule has 1 amide bonds. The van der Waals surface area contributed by atoms with Crippen LogP contribution in [0.5, 0.6) is 0 Å². The summed E-state index contributed by atoms with van der Waals surface area (Å²) in [5, 5.41) is 10.8. The molecule has 1 atom stereocenters. The van der Waals surface area contributed by atoms with E-state index in [1.165, 1.54) is 12.1 Å². The first-order chi connectivity index (χ1) is 11.6. The van der Waals surface area contributed by atoms with E-state index >= 15 is 0 Å². The van der Waals surface area contributed by atoms with Crippen LogP contribution in [0.2, 0.25) is 5.02 Å². The Balaban J connectivity index is 0.00000225. The van der Waals surface area contributed by atoms with Crippen LogP contribution in [0.4, 0.5) is 4.39 Å². The molecule has 1 fully saturated rings. The number of hydrogen-bond acceptors (Lipinski definition) is 3. The van der Waals surface area contributed by atoms with E-state index in [0.29, 0.717) is 16.5 Å². The van der Waals surface area contributed by atoms with Gasteiger partial charge in [0.15, 0.2) is 0 Å². The Hall–Kier alpha value is -1.63. The van der Waals surface area contributed by atoms with Crippen molar-refractivity contribution in [2.75, 3.05) is 13.1 Å². The van der Waals surface area contributed by atoms with Crippen LogP contribution >= 0.6 is 24.0 Å². The molecule has 136 valence electrons. The van der Waals surface area contributed by atoms with Crippen molar-refractivity contribution in [1.29, 1.82) is 0 Å². The molecule has 1 aliphatic rings. The molecule has 1 saturated heterocycles. The van der Waals surface area contributed by atoms with Gasteiger partial charge in [-0.1, -0.05) is 17.7 Å². The Labute approximate surface area is 157 Å². The molecule has 1 aliphatic heterocycles. The number of halogens is 3. The second-order valence-corrected chi connectivity index (χ2v) is 6.37. The highest BCUT2D eigenvalue weighted by molar-refractivity contribution is 6.31. The van der Waals surface area contributed by atoms with Gasteiger partial charge >= 0.3 is 0 Å². The topological polar surface area (TPSA) is 59.0 Å². The van der Waals surface area contributed by atoms with Crippen LogP contribution in [0.1, 0.15) is 30.0 Å². The summed E-state index contributed by atoms with van der Waals surface area (Å²) >= 11 is 5.95. The van der Waals surface area contributed by atoms with Crippen LogP contribution in [0.15, 0.2) is 30.5 Å². The average molecular weight is 387 g/mol. The fourth-order valence-electron chi connectivity index (χ4n) is 2.88. The van der Waals surface area contributed by atoms with E-state index in [-0.39, 0.29) is 31.4 Å². The third kappa shape index (κ3) is 5.17. The number of carbonyl (C=O) groups excluding carboxylic acids is 1. The normalized spacial score (nSPS) is 17.0. The predicted molar refractivity (Wildman–Crippen MR) is 97.6 cm³/mol. The largest absolute Gasteiger partial charge is 0.350 e. The molecule has 1 aromatic carbocycles. The molecule has 5 nitrogen and oxygen atoms in total. The van der Waals surface area contributed by atoms with Gasteiger partial charge in [0.25, 0.3) is 0 Å². The molecule has 8 heteroatoms. The highest BCUT2D eigenvalue weighted by Crippen LogP contribution is 2.21. The Morgan fingerprint density at radius 3 is 3.00 bits per heavy atom. The number of hydrogen-bond donors (Lipinski definition) is 2. The quantitative estimate of drug-likeness (QED) is 0.830. The summed E-state index contributed by atoms with van der Waals surface area (Å²) < 4.78 is 15.3. The van der Waals surface area contributed by atoms with Crippen molar-refractivity contribution in [2.24, 2.45) is 0 Å². The molecule has 0 radical (unpaired) electrons. The van der Waals surface area contributed by atoms with Crippen LogP contribution in [-0.4, -0.2) is 28.8 Å². The van der Waals surface area contributed by atoms with Crippen LogP contribution in [-0.2, 0) is 17.9 Å². The molecule has 1 unspecified atom stereocenters. The first-order valence-corrected chi connectivity index (χ1v) is 8.45. The monoisotopic (exact) mass is 386 g/mol. The molecular weight excluding hydrogens is 366 g/mol. The van der Waals surface area contributed by atoms with Crippen LogP contribution in [0, 0.1) is 5.82 Å². The lowest BCUT2D eigenvalue weighted by molar-refractivity contribution is -0.122. The number of nitrogens with zero attached hydrogens (tertiary/aromatic N) is 2. The molecule has 1 aromatic heterocycles. The zero-order valence-electron chi connectivity index (χ0n) is 13.7. The molecule has 2 N–H and O–H groups in total. The molecule has 2 aromatic rings. The zero-order valence-corrected chi connectivity index (χ0v) is 15.2. The average Bonchev–Trinajstić information content (AvgIpc) is 3.03. The zero-order chi connectivity index (χ0) is 16.9. The molecular formula is C17H21Cl2FN4O. The second kappa shape index (κ2) is 9.17. The van der Waals surface area contributed by atoms with Gasteiger partial charge in [-0.3, -0.25) is 9.48 Å². The second-order valence-electron chi connectivity index (χ2n) is 5.96. The van der Waals surface area contributed by atoms with Gasteiger partial charge in [-0.15, -0.1) is 12.4 Å². The molecule has 25 heavy (non-hydrogen) atoms. The first-order valence-electron chi connectivity index (χ1n) is 8.07. The molecule has 3 rings (SSSR count). The lowest BCUT2D eigenvalue weighted by Gasteiger charge is -2.20. The van der Waals surface area contributed by atoms with E-state index in [9.17, 15) is 9.18 Å². The van der Waals surface area contributed by atoms with Crippen molar-refractivity contribution in [3.05, 3.63) is 52.6 Å². The molecule has 0 saturated carbocycles. The number of piperidine rings is 1. The summed E-state index contributed by atoms with van der Waals surface area (Å²) in [6.07, 6.45) is 4.06. The maximum Gasteiger partial charge on any atom is 0.242 e. The minimum Gasteiger partial charge on any atom is -0.350 e. The van der Waals surface area contributed by atoms with Crippen LogP contribution in [0.3, 0.4) is 0 Å². The SMILES string of the molecule is Cl.O=C(Cn1ccc(C2CCCNC2)n1)NCc1c(F)cccc1Cl. The van der Waals surface area contributed by atoms with Gasteiger partial charge in [-0.2, -0.15) is 5.10 Å². The van der Waals surface area contributed by atoms with E-state index in [4.69, 9.17) is 11.6 Å². The maximum atomic E-state index is 13.7. The fourth-order valence-corrected chi connectivity index (χ4v) is 3.11. The van der Waals surface area contributed by atoms with Crippen molar-refractivity contribution in [2.45, 2.75) is 31.8 Å². The molecule has 0 aliphatic carbocycles. The Morgan fingerprint density at radius 1 is 1.44 bits per heavy atom. The highest BCUT2D eigenvalue weighted by Gasteiger charge is 2.18. The summed E-state index contributed by atoms with van der Waals surface area (Å²) in [5.41, 5.74) is 1.30. The summed E-state index contributed by atoms with van der Waals surface area (Å²) in [6, 6.07) is 6.42. The third-order valence-corrected chi connectivity index (χ3v) is 4.56. The van der Waals surface area contributed by atoms with Crippen molar-refractivity contribution < 1.29 is 9.18 Å². The summed E-state index contributed by atoms with van der Waals surface area (Å²) in [6.45, 7) is 2.14. The number of carbonyl (C=O) groups is 1. The summed E-state index contributed by atoms with van der Waals surface area (Å²) in [4.78, 5) is 12.0. The highest BCUT2D eigenvalue weighted by atomic mass is 35.5. The first kappa shape index (κ1) is 19.7. The van der Waals surface area contributed by atoms with Gasteiger partial charge in [-0.05, 0) is 37.6 Å². The number of rotatable bonds is 5. The summed E-state index contributed by atoms with van der Waals surface area (Å²) in [5.74, 6) is -0.250. The summed E-state index contributed by atoms with van der Waals surface area (Å²) in [7, 11) is 0. The standard InChI is InChI=1S/C17H20ClFN4O.ClH/c18-14-4-1-5-15(19)13(14)10-21-17(24)11-23-8-6-16(22-23)12-3-2-7-20-9-12;/h1,4-6,8,12,20H,2-3,7,9-11H2,(H,21,24);1H. The van der Waals surface area contributed by atoms with Crippen molar-refractivity contribution in [3.63, 3.8) is 0 Å². The van der Waals surface area contributed by atoms with E-state index in [1.807, 2.05) is 6.07 Å². The van der Waals surface area contributed by atoms with Gasteiger partial charge in [0.2, 0.25) is 5.91 Å². The lowest BCUT2D eigenvalue weighted by Crippen LogP contribution is -2.29. The molecule has 2 heterocycles. The van der Waals surface area contributed by atoms with Gasteiger partial charge in [0.1, 0.15) is 12.4 Å². The number of amides is 1. The number of benzene rings is 1. The van der Waals surface area contributed by atoms with Crippen LogP contribution < -0.4 is 10.6 Å². The smallest absolute Gasteiger partial charge is 0.242 e. The fraction of sp³-hybridized carbons (Fsp3) is 0.412. The maximum absolute atomic E-state index is 13.7. The number of nitrogens with one attached hydrogen (secondary N) is 2. The van der Waals surface area contributed by atoms with Crippen molar-refractivity contribution in [3.8, 4) is 0 Å². The van der Waals surface area contributed by atoms with Gasteiger partial charge in [0.05, 0.1) is 5.69 Å². The predicted octanol–water partition coefficient (Wildman–Crippen LogP) is 2.88.